The summed E-state index contributed by atoms with van der Waals surface area (Å²) in [7, 11) is -3.66. The Kier molecular flexibility index (Phi) is 4.84. The molecule has 2 aromatic heterocycles. The van der Waals surface area contributed by atoms with E-state index in [0.29, 0.717) is 25.3 Å². The number of amides is 1. The molecular weight excluding hydrogens is 382 g/mol. The zero-order valence-corrected chi connectivity index (χ0v) is 16.4. The van der Waals surface area contributed by atoms with E-state index in [9.17, 15) is 13.2 Å². The molecule has 10 heteroatoms. The molecule has 1 aliphatic carbocycles. The number of aromatic nitrogens is 2. The minimum Gasteiger partial charge on any atom is -0.384 e. The zero-order valence-electron chi connectivity index (χ0n) is 15.5. The van der Waals surface area contributed by atoms with Crippen LogP contribution in [0.3, 0.4) is 0 Å². The Morgan fingerprint density at radius 3 is 2.75 bits per heavy atom. The number of hydrogen-bond acceptors (Lipinski definition) is 7. The first-order chi connectivity index (χ1) is 13.3. The molecule has 1 saturated carbocycles. The average Bonchev–Trinajstić information content (AvgIpc) is 3.38. The van der Waals surface area contributed by atoms with E-state index in [-0.39, 0.29) is 34.4 Å². The van der Waals surface area contributed by atoms with E-state index in [1.54, 1.807) is 6.07 Å². The second kappa shape index (κ2) is 7.17. The third-order valence-electron chi connectivity index (χ3n) is 5.26. The van der Waals surface area contributed by atoms with Crippen LogP contribution in [0.5, 0.6) is 0 Å². The van der Waals surface area contributed by atoms with Crippen molar-refractivity contribution in [1.29, 1.82) is 0 Å². The molecule has 1 aliphatic heterocycles. The highest BCUT2D eigenvalue weighted by atomic mass is 32.2. The van der Waals surface area contributed by atoms with Crippen LogP contribution in [0.1, 0.15) is 54.8 Å². The van der Waals surface area contributed by atoms with E-state index in [4.69, 9.17) is 10.3 Å². The van der Waals surface area contributed by atoms with Gasteiger partial charge in [0.1, 0.15) is 16.5 Å². The molecule has 9 nitrogen and oxygen atoms in total. The third-order valence-corrected chi connectivity index (χ3v) is 7.25. The molecule has 0 bridgehead atoms. The summed E-state index contributed by atoms with van der Waals surface area (Å²) in [6.45, 7) is 2.15. The molecule has 150 valence electrons. The number of piperidine rings is 1. The Hall–Kier alpha value is -2.46. The Labute approximate surface area is 163 Å². The van der Waals surface area contributed by atoms with Crippen LogP contribution in [0.2, 0.25) is 0 Å². The molecule has 28 heavy (non-hydrogen) atoms. The van der Waals surface area contributed by atoms with Gasteiger partial charge in [-0.1, -0.05) is 5.16 Å². The van der Waals surface area contributed by atoms with Gasteiger partial charge in [-0.25, -0.2) is 13.4 Å². The van der Waals surface area contributed by atoms with Crippen molar-refractivity contribution in [3.63, 3.8) is 0 Å². The van der Waals surface area contributed by atoms with Crippen LogP contribution >= 0.6 is 0 Å². The maximum atomic E-state index is 12.9. The summed E-state index contributed by atoms with van der Waals surface area (Å²) >= 11 is 0. The summed E-state index contributed by atoms with van der Waals surface area (Å²) in [5.41, 5.74) is 5.81. The van der Waals surface area contributed by atoms with Crippen molar-refractivity contribution in [1.82, 2.24) is 19.8 Å². The molecule has 3 N–H and O–H groups in total. The first kappa shape index (κ1) is 18.9. The van der Waals surface area contributed by atoms with E-state index in [2.05, 4.69) is 15.5 Å². The van der Waals surface area contributed by atoms with E-state index in [0.717, 1.165) is 18.6 Å². The molecule has 4 rings (SSSR count). The fraction of sp³-hybridized carbons (Fsp3) is 0.500. The number of nitrogens with zero attached hydrogens (tertiary/aromatic N) is 3. The van der Waals surface area contributed by atoms with Gasteiger partial charge in [-0.05, 0) is 44.7 Å². The van der Waals surface area contributed by atoms with Crippen molar-refractivity contribution in [2.45, 2.75) is 55.5 Å². The quantitative estimate of drug-likeness (QED) is 0.770. The Morgan fingerprint density at radius 2 is 2.11 bits per heavy atom. The average molecular weight is 405 g/mol. The number of carbonyl (C=O) groups excluding carboxylic acids is 1. The number of nitrogens with one attached hydrogen (secondary N) is 1. The first-order valence-corrected chi connectivity index (χ1v) is 10.8. The standard InChI is InChI=1S/C18H23N5O4S/c1-11-8-13(21-18(24)15-9-16(27-22-15)12-2-3-12)6-7-23(11)28(25,26)14-4-5-17(19)20-10-14/h4-5,9-13H,2-3,6-8H2,1H3,(H2,19,20)(H,21,24)/t11-,13-/m0/s1. The lowest BCUT2D eigenvalue weighted by Crippen LogP contribution is -2.50. The number of hydrogen-bond donors (Lipinski definition) is 2. The van der Waals surface area contributed by atoms with E-state index in [1.807, 2.05) is 6.92 Å². The molecule has 2 atom stereocenters. The lowest BCUT2D eigenvalue weighted by Gasteiger charge is -2.36. The molecule has 0 unspecified atom stereocenters. The smallest absolute Gasteiger partial charge is 0.273 e. The van der Waals surface area contributed by atoms with Gasteiger partial charge in [-0.3, -0.25) is 4.79 Å². The van der Waals surface area contributed by atoms with Crippen molar-refractivity contribution in [3.8, 4) is 0 Å². The van der Waals surface area contributed by atoms with Crippen LogP contribution in [-0.4, -0.2) is 47.4 Å². The number of anilines is 1. The summed E-state index contributed by atoms with van der Waals surface area (Å²) in [6, 6.07) is 4.24. The van der Waals surface area contributed by atoms with Crippen LogP contribution in [0.4, 0.5) is 5.82 Å². The maximum absolute atomic E-state index is 12.9. The van der Waals surface area contributed by atoms with Gasteiger partial charge in [-0.2, -0.15) is 4.31 Å². The van der Waals surface area contributed by atoms with E-state index in [1.165, 1.54) is 22.6 Å². The number of nitrogens with two attached hydrogens (primary N) is 1. The monoisotopic (exact) mass is 405 g/mol. The molecule has 2 aliphatic rings. The fourth-order valence-corrected chi connectivity index (χ4v) is 5.14. The summed E-state index contributed by atoms with van der Waals surface area (Å²) in [6.07, 6.45) is 4.45. The van der Waals surface area contributed by atoms with Crippen molar-refractivity contribution >= 4 is 21.7 Å². The third kappa shape index (κ3) is 3.74. The zero-order chi connectivity index (χ0) is 19.9. The predicted octanol–water partition coefficient (Wildman–Crippen LogP) is 1.50. The highest BCUT2D eigenvalue weighted by molar-refractivity contribution is 7.89. The van der Waals surface area contributed by atoms with Crippen molar-refractivity contribution in [2.24, 2.45) is 0 Å². The van der Waals surface area contributed by atoms with Crippen LogP contribution in [0.25, 0.3) is 0 Å². The number of pyridine rings is 1. The predicted molar refractivity (Wildman–Crippen MR) is 101 cm³/mol. The largest absolute Gasteiger partial charge is 0.384 e. The van der Waals surface area contributed by atoms with E-state index < -0.39 is 10.0 Å². The van der Waals surface area contributed by atoms with Gasteiger partial charge in [-0.15, -0.1) is 0 Å². The van der Waals surface area contributed by atoms with Gasteiger partial charge >= 0.3 is 0 Å². The fourth-order valence-electron chi connectivity index (χ4n) is 3.53. The summed E-state index contributed by atoms with van der Waals surface area (Å²) in [5.74, 6) is 1.14. The van der Waals surface area contributed by atoms with Gasteiger partial charge < -0.3 is 15.6 Å². The SMILES string of the molecule is C[C@H]1C[C@@H](NC(=O)c2cc(C3CC3)on2)CCN1S(=O)(=O)c1ccc(N)nc1. The van der Waals surface area contributed by atoms with Gasteiger partial charge in [0.15, 0.2) is 5.69 Å². The normalized spacial score (nSPS) is 23.5. The molecule has 2 aromatic rings. The Bertz CT molecular complexity index is 968. The molecule has 2 fully saturated rings. The van der Waals surface area contributed by atoms with Crippen molar-refractivity contribution < 1.29 is 17.7 Å². The number of rotatable bonds is 5. The van der Waals surface area contributed by atoms with Gasteiger partial charge in [0.25, 0.3) is 5.91 Å². The number of carbonyl (C=O) groups is 1. The number of nitrogen functional groups attached to an aromatic ring is 1. The van der Waals surface area contributed by atoms with Crippen molar-refractivity contribution in [2.75, 3.05) is 12.3 Å². The minimum atomic E-state index is -3.66. The Balaban J connectivity index is 1.39. The summed E-state index contributed by atoms with van der Waals surface area (Å²) in [5, 5.41) is 6.80. The second-order valence-corrected chi connectivity index (χ2v) is 9.36. The topological polar surface area (TPSA) is 131 Å². The second-order valence-electron chi connectivity index (χ2n) is 7.47. The lowest BCUT2D eigenvalue weighted by molar-refractivity contribution is 0.0905. The molecule has 1 amide bonds. The van der Waals surface area contributed by atoms with Crippen LogP contribution < -0.4 is 11.1 Å². The van der Waals surface area contributed by atoms with Gasteiger partial charge in [0.2, 0.25) is 10.0 Å². The molecule has 1 saturated heterocycles. The van der Waals surface area contributed by atoms with Gasteiger partial charge in [0.05, 0.1) is 0 Å². The number of sulfonamides is 1. The van der Waals surface area contributed by atoms with Crippen LogP contribution in [-0.2, 0) is 10.0 Å². The molecular formula is C18H23N5O4S. The molecule has 0 spiro atoms. The lowest BCUT2D eigenvalue weighted by atomic mass is 10.0. The highest BCUT2D eigenvalue weighted by Gasteiger charge is 2.36. The minimum absolute atomic E-state index is 0.117. The molecule has 0 aromatic carbocycles. The van der Waals surface area contributed by atoms with Crippen LogP contribution in [0.15, 0.2) is 33.8 Å². The van der Waals surface area contributed by atoms with Gasteiger partial charge in [0, 0.05) is 36.8 Å². The van der Waals surface area contributed by atoms with Crippen molar-refractivity contribution in [3.05, 3.63) is 35.9 Å². The molecule has 0 radical (unpaired) electrons. The highest BCUT2D eigenvalue weighted by Crippen LogP contribution is 2.40. The Morgan fingerprint density at radius 1 is 1.32 bits per heavy atom. The maximum Gasteiger partial charge on any atom is 0.273 e. The summed E-state index contributed by atoms with van der Waals surface area (Å²) in [4.78, 5) is 16.4. The molecule has 3 heterocycles. The first-order valence-electron chi connectivity index (χ1n) is 9.35. The van der Waals surface area contributed by atoms with E-state index >= 15 is 0 Å². The van der Waals surface area contributed by atoms with Crippen LogP contribution in [0, 0.1) is 0 Å². The summed E-state index contributed by atoms with van der Waals surface area (Å²) < 4.78 is 32.4.